The fraction of sp³-hybridized carbons (Fsp3) is 0.316. The maximum Gasteiger partial charge on any atom is 0.274 e. The number of hydrogen-bond donors (Lipinski definition) is 0. The van der Waals surface area contributed by atoms with E-state index in [-0.39, 0.29) is 31.8 Å². The Hall–Kier alpha value is -2.41. The van der Waals surface area contributed by atoms with Gasteiger partial charge in [-0.25, -0.2) is 18.7 Å². The second kappa shape index (κ2) is 6.39. The Labute approximate surface area is 153 Å². The molecule has 1 amide bonds. The van der Waals surface area contributed by atoms with Gasteiger partial charge in [-0.1, -0.05) is 6.07 Å². The Morgan fingerprint density at radius 2 is 2.00 bits per heavy atom. The van der Waals surface area contributed by atoms with Crippen molar-refractivity contribution in [2.45, 2.75) is 25.4 Å². The number of piperidine rings is 1. The fourth-order valence-electron chi connectivity index (χ4n) is 3.44. The molecule has 0 atom stereocenters. The predicted molar refractivity (Wildman–Crippen MR) is 96.5 cm³/mol. The summed E-state index contributed by atoms with van der Waals surface area (Å²) in [6.45, 7) is 2.28. The van der Waals surface area contributed by atoms with Gasteiger partial charge >= 0.3 is 0 Å². The number of carbonyl (C=O) groups excluding carboxylic acids is 1. The van der Waals surface area contributed by atoms with Crippen LogP contribution >= 0.6 is 11.3 Å². The normalized spacial score (nSPS) is 16.8. The Kier molecular flexibility index (Phi) is 4.19. The largest absolute Gasteiger partial charge is 0.337 e. The van der Waals surface area contributed by atoms with Gasteiger partial charge in [-0.15, -0.1) is 11.3 Å². The number of aryl methyl sites for hydroxylation is 1. The van der Waals surface area contributed by atoms with Crippen molar-refractivity contribution in [3.63, 3.8) is 0 Å². The third kappa shape index (κ3) is 2.96. The summed E-state index contributed by atoms with van der Waals surface area (Å²) in [6.07, 6.45) is 1.65. The van der Waals surface area contributed by atoms with E-state index in [2.05, 4.69) is 9.97 Å². The number of fused-ring (bicyclic) bond motifs is 1. The third-order valence-corrected chi connectivity index (χ3v) is 5.76. The summed E-state index contributed by atoms with van der Waals surface area (Å²) >= 11 is 1.42. The second-order valence-corrected chi connectivity index (χ2v) is 7.55. The van der Waals surface area contributed by atoms with Crippen LogP contribution in [0.15, 0.2) is 36.0 Å². The number of likely N-dealkylation sites (tertiary alicyclic amines) is 1. The first-order valence-corrected chi connectivity index (χ1v) is 9.28. The quantitative estimate of drug-likeness (QED) is 0.675. The zero-order valence-electron chi connectivity index (χ0n) is 14.2. The Morgan fingerprint density at radius 3 is 2.73 bits per heavy atom. The number of hydrogen-bond acceptors (Lipinski definition) is 4. The van der Waals surface area contributed by atoms with Gasteiger partial charge in [-0.3, -0.25) is 4.79 Å². The molecule has 1 saturated heterocycles. The van der Waals surface area contributed by atoms with Crippen LogP contribution in [0.25, 0.3) is 10.2 Å². The van der Waals surface area contributed by atoms with Crippen LogP contribution in [0.3, 0.4) is 0 Å². The Balaban J connectivity index is 1.54. The molecule has 1 aliphatic heterocycles. The summed E-state index contributed by atoms with van der Waals surface area (Å²) in [5, 5.41) is 1.87. The molecule has 3 heterocycles. The van der Waals surface area contributed by atoms with Gasteiger partial charge < -0.3 is 4.90 Å². The van der Waals surface area contributed by atoms with E-state index in [0.29, 0.717) is 16.8 Å². The summed E-state index contributed by atoms with van der Waals surface area (Å²) in [4.78, 5) is 22.7. The van der Waals surface area contributed by atoms with Gasteiger partial charge in [-0.05, 0) is 41.6 Å². The number of carbonyl (C=O) groups is 1. The van der Waals surface area contributed by atoms with Crippen LogP contribution in [0.5, 0.6) is 0 Å². The van der Waals surface area contributed by atoms with E-state index in [1.54, 1.807) is 17.9 Å². The van der Waals surface area contributed by atoms with Crippen LogP contribution < -0.4 is 0 Å². The highest BCUT2D eigenvalue weighted by Crippen LogP contribution is 2.38. The molecule has 1 aliphatic rings. The molecule has 0 unspecified atom stereocenters. The highest BCUT2D eigenvalue weighted by atomic mass is 32.1. The lowest BCUT2D eigenvalue weighted by Gasteiger charge is -2.36. The number of halogens is 2. The maximum atomic E-state index is 15.4. The number of alkyl halides is 1. The van der Waals surface area contributed by atoms with Gasteiger partial charge in [0.2, 0.25) is 0 Å². The SMILES string of the molecule is Cc1cc(F)cc(C2(F)CCN(C(=O)c3ncnc4ccsc34)CC2)c1. The first kappa shape index (κ1) is 17.0. The third-order valence-electron chi connectivity index (χ3n) is 4.85. The first-order valence-electron chi connectivity index (χ1n) is 8.40. The number of aromatic nitrogens is 2. The summed E-state index contributed by atoms with van der Waals surface area (Å²) in [7, 11) is 0. The van der Waals surface area contributed by atoms with Crippen molar-refractivity contribution >= 4 is 27.5 Å². The minimum absolute atomic E-state index is 0.139. The summed E-state index contributed by atoms with van der Waals surface area (Å²) in [5.74, 6) is -0.645. The second-order valence-electron chi connectivity index (χ2n) is 6.63. The zero-order chi connectivity index (χ0) is 18.3. The predicted octanol–water partition coefficient (Wildman–Crippen LogP) is 4.24. The van der Waals surface area contributed by atoms with Gasteiger partial charge in [0.25, 0.3) is 5.91 Å². The topological polar surface area (TPSA) is 46.1 Å². The summed E-state index contributed by atoms with van der Waals surface area (Å²) < 4.78 is 29.8. The minimum Gasteiger partial charge on any atom is -0.337 e. The van der Waals surface area contributed by atoms with E-state index in [1.807, 2.05) is 11.4 Å². The molecular weight excluding hydrogens is 356 g/mol. The lowest BCUT2D eigenvalue weighted by Crippen LogP contribution is -2.43. The fourth-order valence-corrected chi connectivity index (χ4v) is 4.26. The number of nitrogens with zero attached hydrogens (tertiary/aromatic N) is 3. The summed E-state index contributed by atoms with van der Waals surface area (Å²) in [6, 6.07) is 6.16. The van der Waals surface area contributed by atoms with Crippen LogP contribution in [-0.4, -0.2) is 33.9 Å². The molecule has 7 heteroatoms. The zero-order valence-corrected chi connectivity index (χ0v) is 15.0. The average Bonchev–Trinajstić information content (AvgIpc) is 3.10. The van der Waals surface area contributed by atoms with Crippen LogP contribution in [0, 0.1) is 12.7 Å². The Morgan fingerprint density at radius 1 is 1.23 bits per heavy atom. The van der Waals surface area contributed by atoms with Crippen LogP contribution in [0.2, 0.25) is 0 Å². The van der Waals surface area contributed by atoms with Crippen molar-refractivity contribution in [1.29, 1.82) is 0 Å². The molecule has 0 bridgehead atoms. The smallest absolute Gasteiger partial charge is 0.274 e. The molecule has 0 saturated carbocycles. The molecule has 134 valence electrons. The molecule has 0 spiro atoms. The molecule has 1 fully saturated rings. The van der Waals surface area contributed by atoms with Crippen molar-refractivity contribution in [3.05, 3.63) is 58.6 Å². The molecule has 2 aromatic heterocycles. The van der Waals surface area contributed by atoms with Gasteiger partial charge in [0.15, 0.2) is 0 Å². The molecule has 0 N–H and O–H groups in total. The summed E-state index contributed by atoms with van der Waals surface area (Å²) in [5.41, 5.74) is 0.521. The van der Waals surface area contributed by atoms with Gasteiger partial charge in [0.1, 0.15) is 23.5 Å². The standard InChI is InChI=1S/C19H17F2N3OS/c1-12-8-13(10-14(20)9-12)19(21)3-5-24(6-4-19)18(25)16-17-15(2-7-26-17)22-11-23-16/h2,7-11H,3-6H2,1H3. The minimum atomic E-state index is -1.62. The van der Waals surface area contributed by atoms with Crippen molar-refractivity contribution in [2.75, 3.05) is 13.1 Å². The van der Waals surface area contributed by atoms with E-state index < -0.39 is 11.5 Å². The van der Waals surface area contributed by atoms with Crippen molar-refractivity contribution in [2.24, 2.45) is 0 Å². The number of amides is 1. The average molecular weight is 373 g/mol. The van der Waals surface area contributed by atoms with Crippen LogP contribution in [0.4, 0.5) is 8.78 Å². The van der Waals surface area contributed by atoms with E-state index in [4.69, 9.17) is 0 Å². The monoisotopic (exact) mass is 373 g/mol. The van der Waals surface area contributed by atoms with Crippen molar-refractivity contribution in [1.82, 2.24) is 14.9 Å². The lowest BCUT2D eigenvalue weighted by molar-refractivity contribution is 0.0417. The highest BCUT2D eigenvalue weighted by Gasteiger charge is 2.38. The van der Waals surface area contributed by atoms with Crippen LogP contribution in [0.1, 0.15) is 34.5 Å². The Bertz CT molecular complexity index is 960. The van der Waals surface area contributed by atoms with Crippen molar-refractivity contribution in [3.8, 4) is 0 Å². The first-order chi connectivity index (χ1) is 12.5. The molecule has 1 aromatic carbocycles. The van der Waals surface area contributed by atoms with Gasteiger partial charge in [0, 0.05) is 25.9 Å². The number of rotatable bonds is 2. The molecule has 0 aliphatic carbocycles. The molecule has 4 rings (SSSR count). The number of thiophene rings is 1. The number of benzene rings is 1. The van der Waals surface area contributed by atoms with Crippen LogP contribution in [-0.2, 0) is 5.67 Å². The molecular formula is C19H17F2N3OS. The van der Waals surface area contributed by atoms with Gasteiger partial charge in [-0.2, -0.15) is 0 Å². The molecule has 3 aromatic rings. The highest BCUT2D eigenvalue weighted by molar-refractivity contribution is 7.17. The molecule has 26 heavy (non-hydrogen) atoms. The molecule has 4 nitrogen and oxygen atoms in total. The van der Waals surface area contributed by atoms with E-state index in [0.717, 1.165) is 10.2 Å². The van der Waals surface area contributed by atoms with E-state index in [1.165, 1.54) is 29.8 Å². The lowest BCUT2D eigenvalue weighted by atomic mass is 9.85. The van der Waals surface area contributed by atoms with Gasteiger partial charge in [0.05, 0.1) is 10.2 Å². The van der Waals surface area contributed by atoms with E-state index in [9.17, 15) is 9.18 Å². The molecule has 0 radical (unpaired) electrons. The van der Waals surface area contributed by atoms with Crippen molar-refractivity contribution < 1.29 is 13.6 Å². The van der Waals surface area contributed by atoms with E-state index >= 15 is 4.39 Å². The maximum absolute atomic E-state index is 15.4.